The van der Waals surface area contributed by atoms with Crippen molar-refractivity contribution in [3.05, 3.63) is 115 Å². The van der Waals surface area contributed by atoms with Gasteiger partial charge >= 0.3 is 0 Å². The Morgan fingerprint density at radius 2 is 1.15 bits per heavy atom. The van der Waals surface area contributed by atoms with Gasteiger partial charge in [0.25, 0.3) is 5.91 Å². The second-order valence-electron chi connectivity index (χ2n) is 14.0. The molecule has 0 saturated carbocycles. The Labute approximate surface area is 403 Å². The van der Waals surface area contributed by atoms with Gasteiger partial charge in [0, 0.05) is 30.2 Å². The van der Waals surface area contributed by atoms with Gasteiger partial charge in [0.05, 0.1) is 90.5 Å². The van der Waals surface area contributed by atoms with Gasteiger partial charge in [0.15, 0.2) is 0 Å². The highest BCUT2D eigenvalue weighted by Crippen LogP contribution is 2.35. The van der Waals surface area contributed by atoms with Crippen LogP contribution < -0.4 is 25.8 Å². The summed E-state index contributed by atoms with van der Waals surface area (Å²) in [4.78, 5) is 43.6. The van der Waals surface area contributed by atoms with Crippen molar-refractivity contribution in [2.45, 2.75) is 26.2 Å². The van der Waals surface area contributed by atoms with Crippen LogP contribution in [-0.4, -0.2) is 99.8 Å². The molecule has 0 fully saturated rings. The van der Waals surface area contributed by atoms with E-state index in [4.69, 9.17) is 71.6 Å². The molecular weight excluding hydrogens is 972 g/mol. The van der Waals surface area contributed by atoms with Crippen LogP contribution in [0.2, 0.25) is 20.1 Å². The van der Waals surface area contributed by atoms with Crippen molar-refractivity contribution in [2.24, 2.45) is 5.73 Å². The molecule has 0 radical (unpaired) electrons. The molecule has 0 aliphatic carbocycles. The number of aliphatic hydroxyl groups excluding tert-OH is 1. The number of amides is 2. The van der Waals surface area contributed by atoms with Crippen LogP contribution in [0.5, 0.6) is 11.5 Å². The van der Waals surface area contributed by atoms with Crippen molar-refractivity contribution >= 4 is 113 Å². The Morgan fingerprint density at radius 3 is 1.59 bits per heavy atom. The van der Waals surface area contributed by atoms with Gasteiger partial charge in [-0.1, -0.05) is 58.5 Å². The van der Waals surface area contributed by atoms with Crippen molar-refractivity contribution in [3.63, 3.8) is 0 Å². The molecule has 0 bridgehead atoms. The minimum atomic E-state index is -1.83. The highest BCUT2D eigenvalue weighted by Gasteiger charge is 2.29. The molecule has 0 aliphatic rings. The smallest absolute Gasteiger partial charge is 0.263 e. The first-order valence-electron chi connectivity index (χ1n) is 19.7. The molecule has 4 aromatic carbocycles. The molecule has 1 atom stereocenters. The zero-order valence-corrected chi connectivity index (χ0v) is 39.0. The predicted molar refractivity (Wildman–Crippen MR) is 255 cm³/mol. The summed E-state index contributed by atoms with van der Waals surface area (Å²) in [6.07, 6.45) is 1.14. The molecule has 5 N–H and O–H groups in total. The first-order chi connectivity index (χ1) is 31.9. The summed E-state index contributed by atoms with van der Waals surface area (Å²) in [6, 6.07) is 21.2. The number of hydrazine groups is 1. The van der Waals surface area contributed by atoms with Crippen LogP contribution in [0.15, 0.2) is 85.2 Å². The zero-order chi connectivity index (χ0) is 46.3. The number of hydrogen-bond donors (Lipinski definition) is 4. The second-order valence-corrected chi connectivity index (χ2v) is 17.8. The van der Waals surface area contributed by atoms with Gasteiger partial charge < -0.3 is 30.9 Å². The minimum Gasteiger partial charge on any atom is -0.492 e. The number of halogens is 4. The fourth-order valence-electron chi connectivity index (χ4n) is 6.53. The Balaban J connectivity index is 0.850. The first kappa shape index (κ1) is 46.4. The standard InChI is InChI=1S/C42H35Cl4N13O5S2/c1-22(60)58(12-14-63-23-8-10-33-29(16-23)52-35(65-33)20-48-41-54-31(18-50-56-41)37-25(43)4-2-5-26(37)44)59(40(62)39(47)61)13-15-64-24-9-11-34-30(17-24)53-36(66-34)21-49-42-55-32(19-51-57-42)38-27(45)6-3-7-28(38)46/h2-11,16-19,40,62H,12-15,20-21H2,1H3,(H2,47,61)(H,48,54,56)(H,49,55,57). The van der Waals surface area contributed by atoms with Crippen molar-refractivity contribution < 1.29 is 24.2 Å². The van der Waals surface area contributed by atoms with Gasteiger partial charge in [-0.15, -0.1) is 32.9 Å². The lowest BCUT2D eigenvalue weighted by atomic mass is 10.1. The number of nitrogens with two attached hydrogens (primary N) is 1. The van der Waals surface area contributed by atoms with E-state index in [1.54, 1.807) is 60.7 Å². The first-order valence-corrected chi connectivity index (χ1v) is 22.9. The maximum atomic E-state index is 12.9. The number of benzene rings is 4. The normalized spacial score (nSPS) is 11.8. The van der Waals surface area contributed by atoms with E-state index in [1.807, 2.05) is 12.1 Å². The van der Waals surface area contributed by atoms with Gasteiger partial charge in [-0.05, 0) is 48.5 Å². The number of thiazole rings is 2. The number of hydrogen-bond acceptors (Lipinski definition) is 18. The number of carbonyl (C=O) groups is 2. The molecule has 18 nitrogen and oxygen atoms in total. The molecule has 0 aliphatic heterocycles. The molecule has 4 aromatic heterocycles. The van der Waals surface area contributed by atoms with Crippen LogP contribution in [0, 0.1) is 0 Å². The molecule has 2 amide bonds. The number of ether oxygens (including phenoxy) is 2. The average Bonchev–Trinajstić information content (AvgIpc) is 3.91. The Kier molecular flexibility index (Phi) is 14.8. The van der Waals surface area contributed by atoms with Crippen molar-refractivity contribution in [3.8, 4) is 34.0 Å². The molecule has 0 spiro atoms. The highest BCUT2D eigenvalue weighted by atomic mass is 35.5. The van der Waals surface area contributed by atoms with Crippen LogP contribution >= 0.6 is 69.1 Å². The molecule has 8 rings (SSSR count). The molecule has 8 aromatic rings. The summed E-state index contributed by atoms with van der Waals surface area (Å²) in [6.45, 7) is 1.80. The van der Waals surface area contributed by atoms with Gasteiger partial charge in [-0.2, -0.15) is 15.2 Å². The average molecular weight is 1010 g/mol. The Hall–Kier alpha value is -6.10. The maximum Gasteiger partial charge on any atom is 0.263 e. The molecule has 66 heavy (non-hydrogen) atoms. The largest absolute Gasteiger partial charge is 0.492 e. The predicted octanol–water partition coefficient (Wildman–Crippen LogP) is 7.77. The van der Waals surface area contributed by atoms with E-state index in [2.05, 4.69) is 41.0 Å². The molecular formula is C42H35Cl4N13O5S2. The third-order valence-corrected chi connectivity index (χ3v) is 12.9. The molecule has 24 heteroatoms. The summed E-state index contributed by atoms with van der Waals surface area (Å²) in [5, 5.41) is 38.9. The molecule has 1 unspecified atom stereocenters. The number of carbonyl (C=O) groups excluding carboxylic acids is 2. The summed E-state index contributed by atoms with van der Waals surface area (Å²) >= 11 is 28.4. The minimum absolute atomic E-state index is 0.00405. The number of aliphatic hydroxyl groups is 1. The van der Waals surface area contributed by atoms with E-state index >= 15 is 0 Å². The van der Waals surface area contributed by atoms with Crippen LogP contribution in [0.1, 0.15) is 16.9 Å². The number of anilines is 2. The van der Waals surface area contributed by atoms with Gasteiger partial charge in [0.2, 0.25) is 24.0 Å². The fraction of sp³-hybridized carbons (Fsp3) is 0.190. The van der Waals surface area contributed by atoms with Gasteiger partial charge in [-0.3, -0.25) is 14.6 Å². The monoisotopic (exact) mass is 1010 g/mol. The number of aromatic nitrogens is 8. The number of rotatable bonds is 19. The number of nitrogens with one attached hydrogen (secondary N) is 2. The summed E-state index contributed by atoms with van der Waals surface area (Å²) in [5.74, 6) is 0.00447. The molecule has 4 heterocycles. The van der Waals surface area contributed by atoms with Crippen molar-refractivity contribution in [1.29, 1.82) is 0 Å². The fourth-order valence-corrected chi connectivity index (χ4v) is 9.49. The van der Waals surface area contributed by atoms with E-state index in [0.717, 1.165) is 24.4 Å². The van der Waals surface area contributed by atoms with E-state index in [1.165, 1.54) is 47.0 Å². The number of fused-ring (bicyclic) bond motifs is 2. The van der Waals surface area contributed by atoms with Crippen LogP contribution in [0.3, 0.4) is 0 Å². The lowest BCUT2D eigenvalue weighted by Gasteiger charge is -2.36. The number of primary amides is 1. The van der Waals surface area contributed by atoms with E-state index in [0.29, 0.717) is 78.2 Å². The van der Waals surface area contributed by atoms with Crippen LogP contribution in [-0.2, 0) is 22.7 Å². The van der Waals surface area contributed by atoms with E-state index < -0.39 is 18.0 Å². The summed E-state index contributed by atoms with van der Waals surface area (Å²) in [7, 11) is 0. The topological polar surface area (TPSA) is 233 Å². The quantitative estimate of drug-likeness (QED) is 0.0447. The third-order valence-electron chi connectivity index (χ3n) is 9.53. The summed E-state index contributed by atoms with van der Waals surface area (Å²) < 4.78 is 13.8. The maximum absolute atomic E-state index is 12.9. The molecule has 338 valence electrons. The Bertz CT molecular complexity index is 3020. The lowest BCUT2D eigenvalue weighted by Crippen LogP contribution is -2.57. The SMILES string of the molecule is CC(=O)N(CCOc1ccc2sc(CNc3nncc(-c4c(Cl)cccc4Cl)n3)nc2c1)N(CCOc1ccc2sc(CNc3nncc(-c4c(Cl)cccc4Cl)n3)nc2c1)C(O)C(N)=O. The summed E-state index contributed by atoms with van der Waals surface area (Å²) in [5.41, 5.74) is 8.92. The molecule has 0 saturated heterocycles. The Morgan fingerprint density at radius 1 is 0.697 bits per heavy atom. The van der Waals surface area contributed by atoms with Crippen molar-refractivity contribution in [1.82, 2.24) is 50.3 Å². The second kappa shape index (κ2) is 21.0. The zero-order valence-electron chi connectivity index (χ0n) is 34.4. The van der Waals surface area contributed by atoms with Crippen molar-refractivity contribution in [2.75, 3.05) is 36.9 Å². The van der Waals surface area contributed by atoms with Crippen LogP contribution in [0.25, 0.3) is 42.9 Å². The third kappa shape index (κ3) is 11.1. The van der Waals surface area contributed by atoms with Gasteiger partial charge in [-0.25, -0.2) is 19.9 Å². The van der Waals surface area contributed by atoms with E-state index in [9.17, 15) is 14.7 Å². The van der Waals surface area contributed by atoms with E-state index in [-0.39, 0.29) is 38.2 Å². The van der Waals surface area contributed by atoms with Gasteiger partial charge in [0.1, 0.15) is 34.7 Å². The lowest BCUT2D eigenvalue weighted by molar-refractivity contribution is -0.178. The highest BCUT2D eigenvalue weighted by molar-refractivity contribution is 7.18. The number of nitrogens with zero attached hydrogens (tertiary/aromatic N) is 10. The van der Waals surface area contributed by atoms with Crippen LogP contribution in [0.4, 0.5) is 11.9 Å².